The van der Waals surface area contributed by atoms with Gasteiger partial charge in [0.2, 0.25) is 0 Å². The van der Waals surface area contributed by atoms with Crippen molar-refractivity contribution in [3.8, 4) is 0 Å². The number of benzene rings is 1. The van der Waals surface area contributed by atoms with E-state index < -0.39 is 26.6 Å². The van der Waals surface area contributed by atoms with Crippen molar-refractivity contribution in [1.82, 2.24) is 0 Å². The van der Waals surface area contributed by atoms with Crippen LogP contribution in [0, 0.1) is 11.6 Å². The van der Waals surface area contributed by atoms with Gasteiger partial charge >= 0.3 is 29.6 Å². The van der Waals surface area contributed by atoms with Crippen LogP contribution >= 0.6 is 0 Å². The molecule has 0 aromatic heterocycles. The second kappa shape index (κ2) is 4.47. The van der Waals surface area contributed by atoms with Crippen LogP contribution in [0.1, 0.15) is 1.43 Å². The Bertz CT molecular complexity index is 389. The van der Waals surface area contributed by atoms with Crippen molar-refractivity contribution in [3.05, 3.63) is 29.8 Å². The summed E-state index contributed by atoms with van der Waals surface area (Å²) in [5.74, 6) is -2.62. The van der Waals surface area contributed by atoms with Crippen LogP contribution in [-0.4, -0.2) is 13.0 Å². The van der Waals surface area contributed by atoms with Crippen LogP contribution in [0.3, 0.4) is 0 Å². The van der Waals surface area contributed by atoms with E-state index in [-0.39, 0.29) is 31.0 Å². The quantitative estimate of drug-likeness (QED) is 0.453. The van der Waals surface area contributed by atoms with Gasteiger partial charge in [0.1, 0.15) is 11.6 Å². The van der Waals surface area contributed by atoms with Crippen molar-refractivity contribution in [2.75, 3.05) is 0 Å². The molecule has 0 bridgehead atoms. The van der Waals surface area contributed by atoms with Gasteiger partial charge in [0.15, 0.2) is 4.90 Å². The molecule has 0 amide bonds. The summed E-state index contributed by atoms with van der Waals surface area (Å²) in [4.78, 5) is -1.31. The molecule has 3 nitrogen and oxygen atoms in total. The van der Waals surface area contributed by atoms with Gasteiger partial charge in [-0.15, -0.1) is 0 Å². The third-order valence-electron chi connectivity index (χ3n) is 1.18. The molecule has 0 saturated carbocycles. The fraction of sp³-hybridized carbons (Fsp3) is 0. The molecule has 1 aromatic carbocycles. The normalized spacial score (nSPS) is 10.7. The molecule has 0 saturated heterocycles. The van der Waals surface area contributed by atoms with Crippen LogP contribution in [0.2, 0.25) is 0 Å². The predicted octanol–water partition coefficient (Wildman–Crippen LogP) is -1.67. The first-order chi connectivity index (χ1) is 5.43. The first-order valence-corrected chi connectivity index (χ1v) is 4.28. The Hall–Kier alpha value is -0.0100. The number of rotatable bonds is 1. The molecule has 1 aromatic rings. The van der Waals surface area contributed by atoms with E-state index in [1.54, 1.807) is 0 Å². The van der Waals surface area contributed by atoms with E-state index in [2.05, 4.69) is 0 Å². The van der Waals surface area contributed by atoms with Crippen LogP contribution in [0.25, 0.3) is 0 Å². The van der Waals surface area contributed by atoms with E-state index in [4.69, 9.17) is 4.55 Å². The summed E-state index contributed by atoms with van der Waals surface area (Å²) in [6.45, 7) is 0. The SMILES string of the molecule is O=S(=O)(O)c1c(F)cccc1F.[H-].[Na+]. The fourth-order valence-corrected chi connectivity index (χ4v) is 1.36. The van der Waals surface area contributed by atoms with Gasteiger partial charge in [-0.05, 0) is 12.1 Å². The molecule has 0 heterocycles. The molecule has 0 aliphatic carbocycles. The third kappa shape index (κ3) is 2.99. The predicted molar refractivity (Wildman–Crippen MR) is 37.3 cm³/mol. The fourth-order valence-electron chi connectivity index (χ4n) is 0.729. The minimum absolute atomic E-state index is 0. The largest absolute Gasteiger partial charge is 1.00 e. The third-order valence-corrected chi connectivity index (χ3v) is 2.08. The van der Waals surface area contributed by atoms with Crippen molar-refractivity contribution in [2.45, 2.75) is 4.90 Å². The summed E-state index contributed by atoms with van der Waals surface area (Å²) in [7, 11) is -4.81. The van der Waals surface area contributed by atoms with Gasteiger partial charge in [-0.25, -0.2) is 8.78 Å². The van der Waals surface area contributed by atoms with Gasteiger partial charge in [0.25, 0.3) is 10.1 Å². The molecule has 7 heteroatoms. The first-order valence-electron chi connectivity index (χ1n) is 2.84. The van der Waals surface area contributed by atoms with E-state index in [9.17, 15) is 17.2 Å². The Labute approximate surface area is 97.3 Å². The van der Waals surface area contributed by atoms with Gasteiger partial charge in [-0.1, -0.05) is 6.07 Å². The monoisotopic (exact) mass is 218 g/mol. The Morgan fingerprint density at radius 3 is 1.85 bits per heavy atom. The minimum Gasteiger partial charge on any atom is -1.00 e. The Kier molecular flexibility index (Phi) is 4.47. The van der Waals surface area contributed by atoms with Crippen LogP contribution in [-0.2, 0) is 10.1 Å². The maximum Gasteiger partial charge on any atom is 1.00 e. The van der Waals surface area contributed by atoms with Crippen LogP contribution < -0.4 is 29.6 Å². The average molecular weight is 218 g/mol. The Morgan fingerprint density at radius 2 is 1.62 bits per heavy atom. The van der Waals surface area contributed by atoms with Gasteiger partial charge in [-0.3, -0.25) is 4.55 Å². The van der Waals surface area contributed by atoms with E-state index in [0.717, 1.165) is 18.2 Å². The molecule has 1 N–H and O–H groups in total. The van der Waals surface area contributed by atoms with Gasteiger partial charge in [0, 0.05) is 0 Å². The molecule has 0 radical (unpaired) electrons. The van der Waals surface area contributed by atoms with Crippen molar-refractivity contribution in [1.29, 1.82) is 0 Å². The maximum atomic E-state index is 12.6. The molecule has 0 fully saturated rings. The van der Waals surface area contributed by atoms with Crippen LogP contribution in [0.4, 0.5) is 8.78 Å². The van der Waals surface area contributed by atoms with E-state index >= 15 is 0 Å². The van der Waals surface area contributed by atoms with Gasteiger partial charge in [0.05, 0.1) is 0 Å². The summed E-state index contributed by atoms with van der Waals surface area (Å²) >= 11 is 0. The molecule has 0 spiro atoms. The molecule has 1 rings (SSSR count). The summed E-state index contributed by atoms with van der Waals surface area (Å²) in [5, 5.41) is 0. The molecule has 13 heavy (non-hydrogen) atoms. The van der Waals surface area contributed by atoms with Gasteiger partial charge < -0.3 is 1.43 Å². The van der Waals surface area contributed by atoms with Crippen LogP contribution in [0.15, 0.2) is 23.1 Å². The van der Waals surface area contributed by atoms with E-state index in [1.807, 2.05) is 0 Å². The molecule has 0 aliphatic heterocycles. The topological polar surface area (TPSA) is 54.4 Å². The van der Waals surface area contributed by atoms with Gasteiger partial charge in [-0.2, -0.15) is 8.42 Å². The van der Waals surface area contributed by atoms with Crippen molar-refractivity contribution >= 4 is 10.1 Å². The summed E-state index contributed by atoms with van der Waals surface area (Å²) in [5.41, 5.74) is 0. The Morgan fingerprint density at radius 1 is 1.23 bits per heavy atom. The van der Waals surface area contributed by atoms with E-state index in [0.29, 0.717) is 0 Å². The molecular formula is C6H5F2NaO3S. The second-order valence-electron chi connectivity index (χ2n) is 2.03. The second-order valence-corrected chi connectivity index (χ2v) is 3.38. The number of hydrogen-bond acceptors (Lipinski definition) is 2. The maximum absolute atomic E-state index is 12.6. The van der Waals surface area contributed by atoms with Crippen molar-refractivity contribution in [2.24, 2.45) is 0 Å². The standard InChI is InChI=1S/C6H4F2O3S.Na.H/c7-4-2-1-3-5(8)6(4)12(9,10)11;;/h1-3H,(H,9,10,11);;/q;+1;-1. The number of halogens is 2. The summed E-state index contributed by atoms with van der Waals surface area (Å²) in [6.07, 6.45) is 0. The van der Waals surface area contributed by atoms with Crippen molar-refractivity contribution in [3.63, 3.8) is 0 Å². The molecular weight excluding hydrogens is 213 g/mol. The van der Waals surface area contributed by atoms with Crippen LogP contribution in [0.5, 0.6) is 0 Å². The molecule has 0 atom stereocenters. The number of hydrogen-bond donors (Lipinski definition) is 1. The molecule has 68 valence electrons. The first kappa shape index (κ1) is 13.0. The summed E-state index contributed by atoms with van der Waals surface area (Å²) < 4.78 is 54.2. The molecule has 0 unspecified atom stereocenters. The zero-order chi connectivity index (χ0) is 9.35. The van der Waals surface area contributed by atoms with Crippen molar-refractivity contribution < 1.29 is 52.7 Å². The van der Waals surface area contributed by atoms with E-state index in [1.165, 1.54) is 0 Å². The smallest absolute Gasteiger partial charge is 1.00 e. The summed E-state index contributed by atoms with van der Waals surface area (Å²) in [6, 6.07) is 2.48. The average Bonchev–Trinajstić information content (AvgIpc) is 1.82. The zero-order valence-electron chi connectivity index (χ0n) is 7.66. The Balaban J connectivity index is 0. The minimum atomic E-state index is -4.81. The molecule has 0 aliphatic rings. The zero-order valence-corrected chi connectivity index (χ0v) is 9.48.